The molecule has 0 saturated carbocycles. The van der Waals surface area contributed by atoms with Crippen LogP contribution < -0.4 is 10.5 Å². The molecule has 1 rings (SSSR count). The molecule has 1 aromatic rings. The molecule has 6 nitrogen and oxygen atoms in total. The van der Waals surface area contributed by atoms with E-state index in [9.17, 15) is 8.42 Å². The second-order valence-electron chi connectivity index (χ2n) is 2.68. The summed E-state index contributed by atoms with van der Waals surface area (Å²) in [6.07, 6.45) is 0. The maximum Gasteiger partial charge on any atom is 0.270 e. The highest BCUT2D eigenvalue weighted by Crippen LogP contribution is 2.16. The van der Waals surface area contributed by atoms with Crippen molar-refractivity contribution in [3.05, 3.63) is 0 Å². The van der Waals surface area contributed by atoms with Crippen LogP contribution in [0.15, 0.2) is 4.34 Å². The van der Waals surface area contributed by atoms with Gasteiger partial charge in [0.2, 0.25) is 9.47 Å². The molecule has 8 heteroatoms. The van der Waals surface area contributed by atoms with Gasteiger partial charge in [-0.1, -0.05) is 11.3 Å². The van der Waals surface area contributed by atoms with Gasteiger partial charge >= 0.3 is 0 Å². The average molecular weight is 222 g/mol. The molecule has 0 radical (unpaired) electrons. The minimum atomic E-state index is -3.52. The third-order valence-corrected chi connectivity index (χ3v) is 3.82. The molecular weight excluding hydrogens is 212 g/mol. The lowest BCUT2D eigenvalue weighted by molar-refractivity contribution is 0.568. The fourth-order valence-electron chi connectivity index (χ4n) is 0.690. The Bertz CT molecular complexity index is 383. The predicted molar refractivity (Wildman–Crippen MR) is 49.8 cm³/mol. The Morgan fingerprint density at radius 3 is 2.46 bits per heavy atom. The first-order chi connectivity index (χ1) is 5.92. The summed E-state index contributed by atoms with van der Waals surface area (Å²) in [5.41, 5.74) is 5.26. The first-order valence-electron chi connectivity index (χ1n) is 3.53. The van der Waals surface area contributed by atoms with E-state index in [0.717, 1.165) is 11.3 Å². The van der Waals surface area contributed by atoms with Crippen molar-refractivity contribution in [3.63, 3.8) is 0 Å². The minimum Gasteiger partial charge on any atom is -0.374 e. The van der Waals surface area contributed by atoms with Gasteiger partial charge in [-0.15, -0.1) is 10.2 Å². The Hall–Kier alpha value is -0.730. The van der Waals surface area contributed by atoms with Crippen molar-refractivity contribution in [2.45, 2.75) is 24.2 Å². The minimum absolute atomic E-state index is 0.0984. The van der Waals surface area contributed by atoms with Gasteiger partial charge in [0, 0.05) is 6.04 Å². The van der Waals surface area contributed by atoms with Gasteiger partial charge in [-0.2, -0.15) is 0 Å². The summed E-state index contributed by atoms with van der Waals surface area (Å²) in [6.45, 7) is 3.45. The van der Waals surface area contributed by atoms with Crippen molar-refractivity contribution in [3.8, 4) is 0 Å². The summed E-state index contributed by atoms with van der Waals surface area (Å²) in [5.74, 6) is 0. The zero-order chi connectivity index (χ0) is 10.1. The fraction of sp³-hybridized carbons (Fsp3) is 0.600. The molecule has 0 saturated heterocycles. The quantitative estimate of drug-likeness (QED) is 0.738. The number of anilines is 1. The van der Waals surface area contributed by atoms with E-state index in [1.807, 2.05) is 0 Å². The van der Waals surface area contributed by atoms with Crippen LogP contribution in [0.3, 0.4) is 0 Å². The van der Waals surface area contributed by atoms with E-state index < -0.39 is 10.0 Å². The lowest BCUT2D eigenvalue weighted by Gasteiger charge is -2.05. The van der Waals surface area contributed by atoms with Crippen LogP contribution in [0.1, 0.15) is 13.8 Å². The van der Waals surface area contributed by atoms with Crippen LogP contribution in [-0.2, 0) is 10.0 Å². The normalized spacial score (nSPS) is 12.2. The van der Waals surface area contributed by atoms with Gasteiger partial charge in [0.15, 0.2) is 0 Å². The number of sulfonamides is 1. The second-order valence-corrected chi connectivity index (χ2v) is 5.58. The third kappa shape index (κ3) is 2.61. The molecule has 0 spiro atoms. The van der Waals surface area contributed by atoms with Crippen LogP contribution in [0.25, 0.3) is 0 Å². The van der Waals surface area contributed by atoms with Crippen LogP contribution >= 0.6 is 11.3 Å². The summed E-state index contributed by atoms with van der Waals surface area (Å²) >= 11 is 0.842. The Morgan fingerprint density at radius 1 is 1.46 bits per heavy atom. The largest absolute Gasteiger partial charge is 0.374 e. The highest BCUT2D eigenvalue weighted by Gasteiger charge is 2.19. The van der Waals surface area contributed by atoms with Crippen molar-refractivity contribution >= 4 is 26.5 Å². The SMILES string of the molecule is CC(C)NS(=O)(=O)c1nnc(N)s1. The van der Waals surface area contributed by atoms with Crippen molar-refractivity contribution in [2.75, 3.05) is 5.73 Å². The van der Waals surface area contributed by atoms with Gasteiger partial charge in [-0.25, -0.2) is 13.1 Å². The van der Waals surface area contributed by atoms with E-state index >= 15 is 0 Å². The highest BCUT2D eigenvalue weighted by molar-refractivity contribution is 7.91. The molecule has 0 fully saturated rings. The van der Waals surface area contributed by atoms with Crippen molar-refractivity contribution in [1.82, 2.24) is 14.9 Å². The first-order valence-corrected chi connectivity index (χ1v) is 5.83. The van der Waals surface area contributed by atoms with Gasteiger partial charge in [0.05, 0.1) is 0 Å². The van der Waals surface area contributed by atoms with E-state index in [2.05, 4.69) is 14.9 Å². The number of nitrogens with zero attached hydrogens (tertiary/aromatic N) is 2. The summed E-state index contributed by atoms with van der Waals surface area (Å²) < 4.78 is 25.1. The molecule has 0 aliphatic rings. The number of nitrogens with two attached hydrogens (primary N) is 1. The van der Waals surface area contributed by atoms with E-state index in [4.69, 9.17) is 5.73 Å². The zero-order valence-corrected chi connectivity index (χ0v) is 8.82. The summed E-state index contributed by atoms with van der Waals surface area (Å²) in [5, 5.41) is 6.99. The van der Waals surface area contributed by atoms with E-state index in [1.54, 1.807) is 13.8 Å². The molecule has 0 bridgehead atoms. The summed E-state index contributed by atoms with van der Waals surface area (Å²) in [4.78, 5) is 0. The van der Waals surface area contributed by atoms with Crippen molar-refractivity contribution in [1.29, 1.82) is 0 Å². The molecule has 74 valence electrons. The zero-order valence-electron chi connectivity index (χ0n) is 7.18. The van der Waals surface area contributed by atoms with Crippen molar-refractivity contribution < 1.29 is 8.42 Å². The lowest BCUT2D eigenvalue weighted by atomic mass is 10.4. The van der Waals surface area contributed by atoms with Crippen LogP contribution in [-0.4, -0.2) is 24.7 Å². The topological polar surface area (TPSA) is 98.0 Å². The molecule has 0 aliphatic carbocycles. The molecule has 0 aliphatic heterocycles. The Labute approximate surface area is 80.2 Å². The number of hydrogen-bond acceptors (Lipinski definition) is 6. The summed E-state index contributed by atoms with van der Waals surface area (Å²) in [7, 11) is -3.52. The molecule has 0 aromatic carbocycles. The van der Waals surface area contributed by atoms with Crippen LogP contribution in [0.4, 0.5) is 5.13 Å². The monoisotopic (exact) mass is 222 g/mol. The fourth-order valence-corrected chi connectivity index (χ4v) is 2.74. The van der Waals surface area contributed by atoms with E-state index in [1.165, 1.54) is 0 Å². The average Bonchev–Trinajstić information content (AvgIpc) is 2.32. The predicted octanol–water partition coefficient (Wildman–Crippen LogP) is -0.193. The second kappa shape index (κ2) is 3.56. The number of nitrogen functional groups attached to an aromatic ring is 1. The molecule has 0 unspecified atom stereocenters. The maximum atomic E-state index is 11.4. The third-order valence-electron chi connectivity index (χ3n) is 1.04. The molecule has 3 N–H and O–H groups in total. The molecular formula is C5H10N4O2S2. The van der Waals surface area contributed by atoms with Crippen LogP contribution in [0.2, 0.25) is 0 Å². The standard InChI is InChI=1S/C5H10N4O2S2/c1-3(2)9-13(10,11)5-8-7-4(6)12-5/h3,9H,1-2H3,(H2,6,7). The van der Waals surface area contributed by atoms with Crippen LogP contribution in [0.5, 0.6) is 0 Å². The Balaban J connectivity index is 2.95. The van der Waals surface area contributed by atoms with Gasteiger partial charge in [0.1, 0.15) is 0 Å². The first kappa shape index (κ1) is 10.4. The molecule has 1 aromatic heterocycles. The van der Waals surface area contributed by atoms with E-state index in [0.29, 0.717) is 0 Å². The van der Waals surface area contributed by atoms with E-state index in [-0.39, 0.29) is 15.5 Å². The summed E-state index contributed by atoms with van der Waals surface area (Å²) in [6, 6.07) is -0.171. The molecule has 13 heavy (non-hydrogen) atoms. The van der Waals surface area contributed by atoms with Gasteiger partial charge in [-0.05, 0) is 13.8 Å². The molecule has 1 heterocycles. The number of nitrogens with one attached hydrogen (secondary N) is 1. The van der Waals surface area contributed by atoms with Crippen molar-refractivity contribution in [2.24, 2.45) is 0 Å². The number of rotatable bonds is 3. The Kier molecular flexibility index (Phi) is 2.84. The van der Waals surface area contributed by atoms with Gasteiger partial charge in [0.25, 0.3) is 10.0 Å². The highest BCUT2D eigenvalue weighted by atomic mass is 32.2. The lowest BCUT2D eigenvalue weighted by Crippen LogP contribution is -2.30. The smallest absolute Gasteiger partial charge is 0.270 e. The molecule has 0 atom stereocenters. The van der Waals surface area contributed by atoms with Crippen LogP contribution in [0, 0.1) is 0 Å². The Morgan fingerprint density at radius 2 is 2.08 bits per heavy atom. The maximum absolute atomic E-state index is 11.4. The van der Waals surface area contributed by atoms with Gasteiger partial charge < -0.3 is 5.73 Å². The number of hydrogen-bond donors (Lipinski definition) is 2. The molecule has 0 amide bonds. The van der Waals surface area contributed by atoms with Gasteiger partial charge in [-0.3, -0.25) is 0 Å². The number of aromatic nitrogens is 2.